The summed E-state index contributed by atoms with van der Waals surface area (Å²) in [6.07, 6.45) is 0.312. The van der Waals surface area contributed by atoms with E-state index in [-0.39, 0.29) is 6.10 Å². The topological polar surface area (TPSA) is 38.7 Å². The van der Waals surface area contributed by atoms with Crippen molar-refractivity contribution < 1.29 is 14.6 Å². The summed E-state index contributed by atoms with van der Waals surface area (Å²) in [6, 6.07) is 13.7. The largest absolute Gasteiger partial charge is 0.489 e. The lowest BCUT2D eigenvalue weighted by Gasteiger charge is -2.16. The lowest BCUT2D eigenvalue weighted by Crippen LogP contribution is -2.22. The van der Waals surface area contributed by atoms with E-state index < -0.39 is 6.10 Å². The molecule has 110 valence electrons. The van der Waals surface area contributed by atoms with E-state index in [2.05, 4.69) is 22.0 Å². The van der Waals surface area contributed by atoms with Crippen LogP contribution in [0.2, 0.25) is 0 Å². The van der Waals surface area contributed by atoms with Crippen molar-refractivity contribution >= 4 is 15.9 Å². The number of benzene rings is 2. The molecule has 21 heavy (non-hydrogen) atoms. The molecule has 1 heterocycles. The molecule has 2 aromatic rings. The third kappa shape index (κ3) is 3.22. The molecule has 0 amide bonds. The van der Waals surface area contributed by atoms with Crippen molar-refractivity contribution in [3.8, 4) is 11.5 Å². The maximum Gasteiger partial charge on any atom is 0.137 e. The molecule has 4 heteroatoms. The Balaban J connectivity index is 1.68. The number of rotatable bonds is 4. The Morgan fingerprint density at radius 3 is 2.90 bits per heavy atom. The van der Waals surface area contributed by atoms with E-state index >= 15 is 0 Å². The predicted molar refractivity (Wildman–Crippen MR) is 84.8 cm³/mol. The summed E-state index contributed by atoms with van der Waals surface area (Å²) in [4.78, 5) is 0. The second-order valence-electron chi connectivity index (χ2n) is 5.22. The van der Waals surface area contributed by atoms with Crippen LogP contribution < -0.4 is 9.47 Å². The van der Waals surface area contributed by atoms with Crippen LogP contribution in [0.4, 0.5) is 0 Å². The summed E-state index contributed by atoms with van der Waals surface area (Å²) >= 11 is 3.43. The number of para-hydroxylation sites is 1. The Kier molecular flexibility index (Phi) is 4.17. The fraction of sp³-hybridized carbons (Fsp3) is 0.294. The maximum atomic E-state index is 9.80. The van der Waals surface area contributed by atoms with Gasteiger partial charge in [0.1, 0.15) is 24.2 Å². The van der Waals surface area contributed by atoms with Gasteiger partial charge in [0.25, 0.3) is 0 Å². The second kappa shape index (κ2) is 6.08. The first-order valence-electron chi connectivity index (χ1n) is 6.98. The molecule has 2 atom stereocenters. The minimum Gasteiger partial charge on any atom is -0.489 e. The molecule has 0 fully saturated rings. The van der Waals surface area contributed by atoms with Crippen LogP contribution in [-0.4, -0.2) is 17.8 Å². The third-order valence-electron chi connectivity index (χ3n) is 3.56. The van der Waals surface area contributed by atoms with Crippen LogP contribution in [0.5, 0.6) is 11.5 Å². The van der Waals surface area contributed by atoms with Crippen molar-refractivity contribution in [2.45, 2.75) is 25.6 Å². The quantitative estimate of drug-likeness (QED) is 0.910. The minimum absolute atomic E-state index is 0.0169. The number of fused-ring (bicyclic) bond motifs is 1. The molecular formula is C17H17BrO3. The lowest BCUT2D eigenvalue weighted by atomic mass is 10.1. The van der Waals surface area contributed by atoms with Crippen LogP contribution in [0, 0.1) is 0 Å². The Labute approximate surface area is 132 Å². The van der Waals surface area contributed by atoms with Crippen LogP contribution in [0.3, 0.4) is 0 Å². The van der Waals surface area contributed by atoms with Crippen LogP contribution in [0.25, 0.3) is 0 Å². The number of halogens is 1. The first-order chi connectivity index (χ1) is 10.1. The second-order valence-corrected chi connectivity index (χ2v) is 6.14. The molecule has 3 nitrogen and oxygen atoms in total. The number of aliphatic hydroxyl groups excluding tert-OH is 1. The Hall–Kier alpha value is -1.52. The zero-order valence-electron chi connectivity index (χ0n) is 11.8. The van der Waals surface area contributed by atoms with Crippen LogP contribution in [-0.2, 0) is 6.42 Å². The number of ether oxygens (including phenoxy) is 2. The van der Waals surface area contributed by atoms with E-state index in [1.165, 1.54) is 5.56 Å². The fourth-order valence-electron chi connectivity index (χ4n) is 2.51. The molecule has 2 aromatic carbocycles. The molecular weight excluding hydrogens is 332 g/mol. The van der Waals surface area contributed by atoms with Gasteiger partial charge in [-0.2, -0.15) is 0 Å². The molecule has 0 radical (unpaired) electrons. The third-order valence-corrected chi connectivity index (χ3v) is 4.06. The number of hydrogen-bond acceptors (Lipinski definition) is 3. The van der Waals surface area contributed by atoms with E-state index in [1.807, 2.05) is 36.4 Å². The summed E-state index contributed by atoms with van der Waals surface area (Å²) in [6.45, 7) is 2.20. The molecule has 0 saturated heterocycles. The first-order valence-corrected chi connectivity index (χ1v) is 7.77. The fourth-order valence-corrected chi connectivity index (χ4v) is 2.85. The van der Waals surface area contributed by atoms with Crippen LogP contribution in [0.1, 0.15) is 24.2 Å². The van der Waals surface area contributed by atoms with Crippen molar-refractivity contribution in [1.82, 2.24) is 0 Å². The van der Waals surface area contributed by atoms with Gasteiger partial charge in [-0.15, -0.1) is 0 Å². The number of hydrogen-bond donors (Lipinski definition) is 1. The van der Waals surface area contributed by atoms with Gasteiger partial charge in [-0.3, -0.25) is 0 Å². The molecule has 1 aliphatic heterocycles. The van der Waals surface area contributed by atoms with Gasteiger partial charge >= 0.3 is 0 Å². The molecule has 0 saturated carbocycles. The zero-order chi connectivity index (χ0) is 14.8. The van der Waals surface area contributed by atoms with Crippen molar-refractivity contribution in [2.24, 2.45) is 0 Å². The highest BCUT2D eigenvalue weighted by molar-refractivity contribution is 9.10. The molecule has 0 aliphatic carbocycles. The predicted octanol–water partition coefficient (Wildman–Crippen LogP) is 3.88. The Bertz CT molecular complexity index is 615. The zero-order valence-corrected chi connectivity index (χ0v) is 13.3. The molecule has 0 bridgehead atoms. The van der Waals surface area contributed by atoms with Gasteiger partial charge in [-0.1, -0.05) is 40.2 Å². The summed E-state index contributed by atoms with van der Waals surface area (Å²) in [5.41, 5.74) is 2.00. The van der Waals surface area contributed by atoms with E-state index in [0.717, 1.165) is 22.2 Å². The molecule has 1 aliphatic rings. The van der Waals surface area contributed by atoms with Crippen molar-refractivity contribution in [2.75, 3.05) is 6.61 Å². The van der Waals surface area contributed by atoms with Crippen LogP contribution >= 0.6 is 15.9 Å². The monoisotopic (exact) mass is 348 g/mol. The SMILES string of the molecule is C[C@@H](O)c1ccc(Br)cc1OCC1Cc2ccccc2O1. The van der Waals surface area contributed by atoms with E-state index in [0.29, 0.717) is 12.4 Å². The highest BCUT2D eigenvalue weighted by Crippen LogP contribution is 2.31. The van der Waals surface area contributed by atoms with Crippen molar-refractivity contribution in [3.63, 3.8) is 0 Å². The standard InChI is InChI=1S/C17H17BrO3/c1-11(19)15-7-6-13(18)9-17(15)20-10-14-8-12-4-2-3-5-16(12)21-14/h2-7,9,11,14,19H,8,10H2,1H3/t11-,14?/m1/s1. The Morgan fingerprint density at radius 1 is 1.33 bits per heavy atom. The smallest absolute Gasteiger partial charge is 0.137 e. The molecule has 1 N–H and O–H groups in total. The van der Waals surface area contributed by atoms with E-state index in [9.17, 15) is 5.11 Å². The lowest BCUT2D eigenvalue weighted by molar-refractivity contribution is 0.141. The van der Waals surface area contributed by atoms with E-state index in [4.69, 9.17) is 9.47 Å². The van der Waals surface area contributed by atoms with Gasteiger partial charge in [0.05, 0.1) is 6.10 Å². The average Bonchev–Trinajstić information content (AvgIpc) is 2.87. The van der Waals surface area contributed by atoms with Gasteiger partial charge in [-0.25, -0.2) is 0 Å². The van der Waals surface area contributed by atoms with Crippen LogP contribution in [0.15, 0.2) is 46.9 Å². The van der Waals surface area contributed by atoms with Gasteiger partial charge in [0.2, 0.25) is 0 Å². The molecule has 0 aromatic heterocycles. The molecule has 3 rings (SSSR count). The summed E-state index contributed by atoms with van der Waals surface area (Å²) in [5, 5.41) is 9.80. The average molecular weight is 349 g/mol. The highest BCUT2D eigenvalue weighted by atomic mass is 79.9. The van der Waals surface area contributed by atoms with Gasteiger partial charge in [-0.05, 0) is 30.7 Å². The Morgan fingerprint density at radius 2 is 2.14 bits per heavy atom. The molecule has 1 unspecified atom stereocenters. The minimum atomic E-state index is -0.560. The van der Waals surface area contributed by atoms with Crippen molar-refractivity contribution in [3.05, 3.63) is 58.1 Å². The summed E-state index contributed by atoms with van der Waals surface area (Å²) < 4.78 is 12.7. The van der Waals surface area contributed by atoms with E-state index in [1.54, 1.807) is 6.92 Å². The maximum absolute atomic E-state index is 9.80. The number of aliphatic hydroxyl groups is 1. The summed E-state index contributed by atoms with van der Waals surface area (Å²) in [5.74, 6) is 1.63. The summed E-state index contributed by atoms with van der Waals surface area (Å²) in [7, 11) is 0. The first kappa shape index (κ1) is 14.4. The molecule has 0 spiro atoms. The van der Waals surface area contributed by atoms with Gasteiger partial charge in [0, 0.05) is 16.5 Å². The highest BCUT2D eigenvalue weighted by Gasteiger charge is 2.23. The van der Waals surface area contributed by atoms with Gasteiger partial charge < -0.3 is 14.6 Å². The normalized spacial score (nSPS) is 18.0. The van der Waals surface area contributed by atoms with Crippen molar-refractivity contribution in [1.29, 1.82) is 0 Å². The van der Waals surface area contributed by atoms with Gasteiger partial charge in [0.15, 0.2) is 0 Å².